The number of Topliss-reactive ketones (excluding diaryl/α,β-unsaturated/α-hetero) is 1. The highest BCUT2D eigenvalue weighted by molar-refractivity contribution is 6.30. The fourth-order valence-electron chi connectivity index (χ4n) is 4.64. The summed E-state index contributed by atoms with van der Waals surface area (Å²) in [6, 6.07) is 7.66. The summed E-state index contributed by atoms with van der Waals surface area (Å²) < 4.78 is 5.74. The number of H-pyrrole nitrogens is 1. The van der Waals surface area contributed by atoms with E-state index in [9.17, 15) is 9.59 Å². The van der Waals surface area contributed by atoms with Gasteiger partial charge in [-0.05, 0) is 70.8 Å². The molecular weight excluding hydrogens is 534 g/mol. The Balaban J connectivity index is 1.30. The minimum atomic E-state index is -0.973. The number of carbonyl (C=O) groups is 2. The van der Waals surface area contributed by atoms with E-state index >= 15 is 0 Å². The fraction of sp³-hybridized carbons (Fsp3) is 0.500. The van der Waals surface area contributed by atoms with Crippen molar-refractivity contribution in [1.29, 1.82) is 0 Å². The first kappa shape index (κ1) is 32.4. The lowest BCUT2D eigenvalue weighted by Crippen LogP contribution is -2.54. The molecule has 2 N–H and O–H groups in total. The van der Waals surface area contributed by atoms with Crippen LogP contribution in [0, 0.1) is 11.8 Å². The molecule has 0 fully saturated rings. The summed E-state index contributed by atoms with van der Waals surface area (Å²) in [5, 5.41) is 4.18. The molecule has 0 bridgehead atoms. The highest BCUT2D eigenvalue weighted by Gasteiger charge is 2.40. The number of nitrogens with one attached hydrogen (secondary N) is 2. The van der Waals surface area contributed by atoms with Gasteiger partial charge < -0.3 is 9.72 Å². The average molecular weight is 578 g/mol. The van der Waals surface area contributed by atoms with Crippen LogP contribution in [0.1, 0.15) is 108 Å². The van der Waals surface area contributed by atoms with Crippen molar-refractivity contribution in [2.24, 2.45) is 0 Å². The number of allylic oxidation sites excluding steroid dienone is 2. The van der Waals surface area contributed by atoms with Gasteiger partial charge in [-0.3, -0.25) is 10.1 Å². The summed E-state index contributed by atoms with van der Waals surface area (Å²) in [6.07, 6.45) is 20.4. The number of rotatable bonds is 15. The Bertz CT molecular complexity index is 1230. The van der Waals surface area contributed by atoms with Crippen molar-refractivity contribution < 1.29 is 14.3 Å². The lowest BCUT2D eigenvalue weighted by molar-refractivity contribution is -0.161. The molecule has 1 aliphatic rings. The summed E-state index contributed by atoms with van der Waals surface area (Å²) in [7, 11) is 0. The van der Waals surface area contributed by atoms with E-state index in [0.29, 0.717) is 18.5 Å². The van der Waals surface area contributed by atoms with Crippen LogP contribution < -0.4 is 5.32 Å². The maximum Gasteiger partial charge on any atom is 0.331 e. The van der Waals surface area contributed by atoms with Gasteiger partial charge in [0.1, 0.15) is 11.1 Å². The van der Waals surface area contributed by atoms with Gasteiger partial charge in [0.05, 0.1) is 0 Å². The topological polar surface area (TPSA) is 84.1 Å². The molecule has 2 aromatic rings. The molecule has 1 atom stereocenters. The van der Waals surface area contributed by atoms with Crippen LogP contribution in [0.25, 0.3) is 0 Å². The third kappa shape index (κ3) is 11.3. The number of carbonyl (C=O) groups excluding carboxylic acids is 2. The van der Waals surface area contributed by atoms with Gasteiger partial charge in [-0.1, -0.05) is 86.6 Å². The molecule has 6 nitrogen and oxygen atoms in total. The molecule has 1 heterocycles. The maximum atomic E-state index is 13.2. The number of imidazole rings is 1. The Hall–Kier alpha value is -3.14. The zero-order valence-electron chi connectivity index (χ0n) is 24.7. The lowest BCUT2D eigenvalue weighted by atomic mass is 9.87. The molecule has 0 amide bonds. The summed E-state index contributed by atoms with van der Waals surface area (Å²) in [5.74, 6) is 6.23. The second-order valence-electron chi connectivity index (χ2n) is 11.6. The third-order valence-electron chi connectivity index (χ3n) is 6.93. The Labute approximate surface area is 250 Å². The third-order valence-corrected chi connectivity index (χ3v) is 7.18. The SMILES string of the molecule is CC(C)(C)OC(=O)C1(NCCCCCCCCCCCC#Cc2ccc(Cl)cc2)C=CC(C(=O)c2ncc[nH]2)=CC1. The Kier molecular flexibility index (Phi) is 12.9. The van der Waals surface area contributed by atoms with Gasteiger partial charge in [0.2, 0.25) is 5.78 Å². The summed E-state index contributed by atoms with van der Waals surface area (Å²) in [4.78, 5) is 32.7. The molecule has 1 aromatic carbocycles. The number of nitrogens with zero attached hydrogens (tertiary/aromatic N) is 1. The van der Waals surface area contributed by atoms with E-state index in [4.69, 9.17) is 16.3 Å². The molecule has 0 saturated heterocycles. The molecule has 1 aliphatic carbocycles. The first-order valence-electron chi connectivity index (χ1n) is 14.8. The number of unbranched alkanes of at least 4 members (excludes halogenated alkanes) is 9. The molecule has 0 aliphatic heterocycles. The van der Waals surface area contributed by atoms with E-state index in [0.717, 1.165) is 36.3 Å². The smallest absolute Gasteiger partial charge is 0.331 e. The molecule has 0 radical (unpaired) electrons. The van der Waals surface area contributed by atoms with Crippen LogP contribution in [0.4, 0.5) is 0 Å². The Morgan fingerprint density at radius 3 is 2.27 bits per heavy atom. The van der Waals surface area contributed by atoms with Crippen LogP contribution in [-0.4, -0.2) is 39.4 Å². The number of ether oxygens (including phenoxy) is 1. The van der Waals surface area contributed by atoms with Gasteiger partial charge in [0, 0.05) is 35.0 Å². The van der Waals surface area contributed by atoms with E-state index in [1.165, 1.54) is 38.5 Å². The number of aromatic nitrogens is 2. The lowest BCUT2D eigenvalue weighted by Gasteiger charge is -2.34. The first-order chi connectivity index (χ1) is 19.7. The van der Waals surface area contributed by atoms with Crippen molar-refractivity contribution in [1.82, 2.24) is 15.3 Å². The average Bonchev–Trinajstić information content (AvgIpc) is 3.48. The van der Waals surface area contributed by atoms with E-state index in [1.807, 2.05) is 45.0 Å². The molecule has 220 valence electrons. The number of aromatic amines is 1. The quantitative estimate of drug-likeness (QED) is 0.0978. The monoisotopic (exact) mass is 577 g/mol. The second kappa shape index (κ2) is 16.3. The van der Waals surface area contributed by atoms with Crippen molar-refractivity contribution in [3.8, 4) is 11.8 Å². The zero-order valence-corrected chi connectivity index (χ0v) is 25.5. The molecule has 0 saturated carbocycles. The van der Waals surface area contributed by atoms with E-state index < -0.39 is 11.1 Å². The van der Waals surface area contributed by atoms with E-state index in [-0.39, 0.29) is 17.6 Å². The molecule has 0 spiro atoms. The van der Waals surface area contributed by atoms with E-state index in [1.54, 1.807) is 30.6 Å². The number of hydrogen-bond acceptors (Lipinski definition) is 5. The molecule has 41 heavy (non-hydrogen) atoms. The molecular formula is C34H44ClN3O3. The molecule has 1 aromatic heterocycles. The van der Waals surface area contributed by atoms with E-state index in [2.05, 4.69) is 27.1 Å². The van der Waals surface area contributed by atoms with Gasteiger partial charge in [0.15, 0.2) is 5.82 Å². The van der Waals surface area contributed by atoms with Crippen LogP contribution in [0.15, 0.2) is 60.5 Å². The summed E-state index contributed by atoms with van der Waals surface area (Å²) in [5.41, 5.74) is -0.0344. The molecule has 3 rings (SSSR count). The van der Waals surface area contributed by atoms with Crippen LogP contribution in [0.2, 0.25) is 5.02 Å². The highest BCUT2D eigenvalue weighted by atomic mass is 35.5. The fourth-order valence-corrected chi connectivity index (χ4v) is 4.77. The van der Waals surface area contributed by atoms with Gasteiger partial charge in [-0.25, -0.2) is 9.78 Å². The molecule has 1 unspecified atom stereocenters. The van der Waals surface area contributed by atoms with Crippen molar-refractivity contribution in [2.45, 2.75) is 103 Å². The first-order valence-corrected chi connectivity index (χ1v) is 15.2. The van der Waals surface area contributed by atoms with Crippen molar-refractivity contribution in [3.05, 3.63) is 76.9 Å². The Morgan fingerprint density at radius 1 is 1.02 bits per heavy atom. The Morgan fingerprint density at radius 2 is 1.68 bits per heavy atom. The van der Waals surface area contributed by atoms with Gasteiger partial charge in [-0.2, -0.15) is 0 Å². The minimum absolute atomic E-state index is 0.188. The van der Waals surface area contributed by atoms with Gasteiger partial charge in [0.25, 0.3) is 0 Å². The van der Waals surface area contributed by atoms with Gasteiger partial charge in [-0.15, -0.1) is 0 Å². The van der Waals surface area contributed by atoms with Crippen LogP contribution >= 0.6 is 11.6 Å². The van der Waals surface area contributed by atoms with Crippen LogP contribution in [0.5, 0.6) is 0 Å². The van der Waals surface area contributed by atoms with Crippen molar-refractivity contribution in [2.75, 3.05) is 6.54 Å². The maximum absolute atomic E-state index is 13.2. The molecule has 7 heteroatoms. The van der Waals surface area contributed by atoms with Gasteiger partial charge >= 0.3 is 5.97 Å². The second-order valence-corrected chi connectivity index (χ2v) is 12.0. The predicted molar refractivity (Wildman–Crippen MR) is 166 cm³/mol. The van der Waals surface area contributed by atoms with Crippen molar-refractivity contribution >= 4 is 23.4 Å². The van der Waals surface area contributed by atoms with Crippen LogP contribution in [-0.2, 0) is 9.53 Å². The number of halogens is 1. The predicted octanol–water partition coefficient (Wildman–Crippen LogP) is 7.75. The highest BCUT2D eigenvalue weighted by Crippen LogP contribution is 2.26. The number of ketones is 1. The zero-order chi connectivity index (χ0) is 29.6. The van der Waals surface area contributed by atoms with Crippen molar-refractivity contribution in [3.63, 3.8) is 0 Å². The summed E-state index contributed by atoms with van der Waals surface area (Å²) in [6.45, 7) is 6.30. The number of esters is 1. The largest absolute Gasteiger partial charge is 0.458 e. The standard InChI is InChI=1S/C34H44ClN3O3/c1-33(2,3)41-32(40)34(22-20-28(21-23-34)30(39)31-36-25-26-37-31)38-24-14-12-10-8-6-4-5-7-9-11-13-15-27-16-18-29(35)19-17-27/h16-22,25-26,38H,4-12,14,23-24H2,1-3H3,(H,36,37). The normalized spacial score (nSPS) is 16.5. The summed E-state index contributed by atoms with van der Waals surface area (Å²) >= 11 is 5.90. The number of hydrogen-bond donors (Lipinski definition) is 2. The minimum Gasteiger partial charge on any atom is -0.458 e. The van der Waals surface area contributed by atoms with Crippen LogP contribution in [0.3, 0.4) is 0 Å². The number of benzene rings is 1.